The van der Waals surface area contributed by atoms with Gasteiger partial charge in [0.25, 0.3) is 0 Å². The second-order valence-corrected chi connectivity index (χ2v) is 3.26. The molecular weight excluding hydrogens is 178 g/mol. The van der Waals surface area contributed by atoms with Gasteiger partial charge in [-0.2, -0.15) is 0 Å². The number of nitroso groups, excluding NO2 is 1. The molecule has 1 aliphatic rings. The topological polar surface area (TPSA) is 45.6 Å². The molecule has 2 heterocycles. The molecule has 14 heavy (non-hydrogen) atoms. The first-order valence-electron chi connectivity index (χ1n) is 6.60. The molecule has 0 radical (unpaired) electrons. The van der Waals surface area contributed by atoms with E-state index in [2.05, 4.69) is 10.3 Å². The van der Waals surface area contributed by atoms with Gasteiger partial charge in [0.2, 0.25) is 0 Å². The molecule has 0 amide bonds. The van der Waals surface area contributed by atoms with Gasteiger partial charge in [0.1, 0.15) is 0 Å². The van der Waals surface area contributed by atoms with Gasteiger partial charge in [-0.1, -0.05) is 6.04 Å². The van der Waals surface area contributed by atoms with Crippen LogP contribution in [0.5, 0.6) is 0 Å². The number of pyridine rings is 1. The second-order valence-electron chi connectivity index (χ2n) is 3.26. The van der Waals surface area contributed by atoms with Crippen LogP contribution in [0.25, 0.3) is 0 Å². The quantitative estimate of drug-likeness (QED) is 0.680. The van der Waals surface area contributed by atoms with Gasteiger partial charge in [-0.3, -0.25) is 9.99 Å². The summed E-state index contributed by atoms with van der Waals surface area (Å²) >= 11 is 0. The van der Waals surface area contributed by atoms with Crippen molar-refractivity contribution in [3.05, 3.63) is 34.9 Å². The molecule has 0 saturated carbocycles. The third-order valence-electron chi connectivity index (χ3n) is 2.40. The standard InChI is InChI=1S/C10H13N3O/c14-12-13-7-2-1-5-10(13)9-4-3-6-11-8-9/h3-4,6,8,10H,1-2,5,7H2/t10-/m0/s1/i3D,4D,6D,8D. The van der Waals surface area contributed by atoms with Crippen molar-refractivity contribution in [2.24, 2.45) is 5.29 Å². The van der Waals surface area contributed by atoms with Crippen LogP contribution in [-0.2, 0) is 0 Å². The van der Waals surface area contributed by atoms with Gasteiger partial charge in [-0.05, 0) is 30.9 Å². The number of hydrogen-bond donors (Lipinski definition) is 0. The molecule has 1 aliphatic heterocycles. The summed E-state index contributed by atoms with van der Waals surface area (Å²) in [5, 5.41) is 4.23. The van der Waals surface area contributed by atoms with Crippen LogP contribution in [0.1, 0.15) is 36.4 Å². The zero-order chi connectivity index (χ0) is 13.3. The molecule has 1 aromatic rings. The predicted octanol–water partition coefficient (Wildman–Crippen LogP) is 2.29. The lowest BCUT2D eigenvalue weighted by molar-refractivity contribution is 0.152. The molecule has 0 aliphatic carbocycles. The molecule has 4 heteroatoms. The maximum absolute atomic E-state index is 10.8. The first-order valence-corrected chi connectivity index (χ1v) is 4.60. The van der Waals surface area contributed by atoms with Gasteiger partial charge in [0.05, 0.1) is 16.8 Å². The lowest BCUT2D eigenvalue weighted by Gasteiger charge is -2.30. The highest BCUT2D eigenvalue weighted by Gasteiger charge is 2.23. The number of piperidine rings is 1. The van der Waals surface area contributed by atoms with E-state index in [1.807, 2.05) is 0 Å². The molecule has 1 fully saturated rings. The molecule has 74 valence electrons. The summed E-state index contributed by atoms with van der Waals surface area (Å²) in [5.74, 6) is 0. The fourth-order valence-corrected chi connectivity index (χ4v) is 1.70. The maximum Gasteiger partial charge on any atom is 0.0844 e. The van der Waals surface area contributed by atoms with Gasteiger partial charge in [0, 0.05) is 18.9 Å². The van der Waals surface area contributed by atoms with Crippen molar-refractivity contribution in [1.82, 2.24) is 9.99 Å². The Hall–Kier alpha value is -1.45. The smallest absolute Gasteiger partial charge is 0.0844 e. The van der Waals surface area contributed by atoms with Crippen LogP contribution >= 0.6 is 0 Å². The van der Waals surface area contributed by atoms with E-state index in [4.69, 9.17) is 5.48 Å². The van der Waals surface area contributed by atoms with Gasteiger partial charge >= 0.3 is 0 Å². The maximum atomic E-state index is 10.8. The Kier molecular flexibility index (Phi) is 1.62. The van der Waals surface area contributed by atoms with Crippen molar-refractivity contribution in [2.75, 3.05) is 6.54 Å². The number of nitrogens with zero attached hydrogens (tertiary/aromatic N) is 3. The average molecular weight is 195 g/mol. The molecule has 0 unspecified atom stereocenters. The SMILES string of the molecule is [2H]c1nc([2H])c([C@@H]2CCCCN2N=O)c([2H])c1[2H]. The molecule has 2 rings (SSSR count). The lowest BCUT2D eigenvalue weighted by Crippen LogP contribution is -2.28. The fourth-order valence-electron chi connectivity index (χ4n) is 1.70. The molecule has 0 aromatic carbocycles. The van der Waals surface area contributed by atoms with E-state index < -0.39 is 6.04 Å². The van der Waals surface area contributed by atoms with Crippen LogP contribution < -0.4 is 0 Å². The van der Waals surface area contributed by atoms with Crippen LogP contribution in [0.4, 0.5) is 0 Å². The average Bonchev–Trinajstić information content (AvgIpc) is 2.37. The second kappa shape index (κ2) is 4.17. The van der Waals surface area contributed by atoms with E-state index in [-0.39, 0.29) is 30.0 Å². The Balaban J connectivity index is 2.49. The Labute approximate surface area is 88.5 Å². The largest absolute Gasteiger partial charge is 0.264 e. The van der Waals surface area contributed by atoms with Crippen LogP contribution in [0.15, 0.2) is 29.7 Å². The molecule has 1 aromatic heterocycles. The molecule has 0 bridgehead atoms. The van der Waals surface area contributed by atoms with Crippen LogP contribution in [0, 0.1) is 4.91 Å². The minimum absolute atomic E-state index is 0.194. The number of aromatic nitrogens is 1. The number of rotatable bonds is 2. The molecule has 1 atom stereocenters. The van der Waals surface area contributed by atoms with Gasteiger partial charge in [0.15, 0.2) is 0 Å². The highest BCUT2D eigenvalue weighted by Crippen LogP contribution is 2.30. The summed E-state index contributed by atoms with van der Waals surface area (Å²) in [6.07, 6.45) is 1.75. The van der Waals surface area contributed by atoms with E-state index in [9.17, 15) is 4.91 Å². The molecular formula is C10H13N3O. The third kappa shape index (κ3) is 1.73. The van der Waals surface area contributed by atoms with Crippen molar-refractivity contribution < 1.29 is 5.48 Å². The van der Waals surface area contributed by atoms with E-state index in [0.29, 0.717) is 13.0 Å². The van der Waals surface area contributed by atoms with E-state index in [1.54, 1.807) is 0 Å². The van der Waals surface area contributed by atoms with E-state index in [1.165, 1.54) is 5.01 Å². The zero-order valence-electron chi connectivity index (χ0n) is 11.7. The van der Waals surface area contributed by atoms with Crippen molar-refractivity contribution >= 4 is 0 Å². The zero-order valence-corrected chi connectivity index (χ0v) is 7.66. The van der Waals surface area contributed by atoms with Gasteiger partial charge in [-0.25, -0.2) is 0 Å². The highest BCUT2D eigenvalue weighted by molar-refractivity contribution is 5.14. The summed E-state index contributed by atoms with van der Waals surface area (Å²) in [4.78, 5) is 14.4. The molecule has 4 nitrogen and oxygen atoms in total. The predicted molar refractivity (Wildman–Crippen MR) is 53.3 cm³/mol. The Morgan fingerprint density at radius 3 is 3.43 bits per heavy atom. The Morgan fingerprint density at radius 1 is 1.64 bits per heavy atom. The first-order chi connectivity index (χ1) is 8.56. The van der Waals surface area contributed by atoms with Crippen molar-refractivity contribution in [2.45, 2.75) is 25.3 Å². The molecule has 0 N–H and O–H groups in total. The van der Waals surface area contributed by atoms with Crippen LogP contribution in [-0.4, -0.2) is 16.5 Å². The van der Waals surface area contributed by atoms with Crippen LogP contribution in [0.3, 0.4) is 0 Å². The Bertz CT molecular complexity index is 483. The van der Waals surface area contributed by atoms with Gasteiger partial charge in [-0.15, -0.1) is 4.91 Å². The Morgan fingerprint density at radius 2 is 2.57 bits per heavy atom. The monoisotopic (exact) mass is 195 g/mol. The fraction of sp³-hybridized carbons (Fsp3) is 0.500. The minimum atomic E-state index is -0.464. The van der Waals surface area contributed by atoms with E-state index in [0.717, 1.165) is 12.8 Å². The highest BCUT2D eigenvalue weighted by atomic mass is 16.3. The van der Waals surface area contributed by atoms with E-state index >= 15 is 0 Å². The minimum Gasteiger partial charge on any atom is -0.264 e. The molecule has 1 saturated heterocycles. The first kappa shape index (κ1) is 5.44. The summed E-state index contributed by atoms with van der Waals surface area (Å²) in [6, 6.07) is -0.966. The lowest BCUT2D eigenvalue weighted by atomic mass is 9.98. The van der Waals surface area contributed by atoms with Gasteiger partial charge < -0.3 is 0 Å². The normalized spacial score (nSPS) is 26.0. The summed E-state index contributed by atoms with van der Waals surface area (Å²) in [7, 11) is 0. The van der Waals surface area contributed by atoms with Crippen molar-refractivity contribution in [3.63, 3.8) is 0 Å². The third-order valence-corrected chi connectivity index (χ3v) is 2.40. The summed E-state index contributed by atoms with van der Waals surface area (Å²) < 4.78 is 30.5. The summed E-state index contributed by atoms with van der Waals surface area (Å²) in [5.41, 5.74) is 0.232. The van der Waals surface area contributed by atoms with Crippen molar-refractivity contribution in [1.29, 1.82) is 0 Å². The van der Waals surface area contributed by atoms with Crippen molar-refractivity contribution in [3.8, 4) is 0 Å². The summed E-state index contributed by atoms with van der Waals surface area (Å²) in [6.45, 7) is 0.489. The molecule has 0 spiro atoms. The number of hydrogen-bond acceptors (Lipinski definition) is 3. The van der Waals surface area contributed by atoms with Crippen LogP contribution in [0.2, 0.25) is 0 Å².